The Morgan fingerprint density at radius 2 is 0.951 bits per heavy atom. The summed E-state index contributed by atoms with van der Waals surface area (Å²) >= 11 is 23.4. The Balaban J connectivity index is 0.000000280. The first-order valence-electron chi connectivity index (χ1n) is 11.3. The topological polar surface area (TPSA) is 142 Å². The summed E-state index contributed by atoms with van der Waals surface area (Å²) in [6.45, 7) is 0. The number of amides is 2. The standard InChI is InChI=1S/2C14H10Cl2N2O2.Ni/c2*15-11-6-10(13(19)12(16)7-11)8-17-18-14(20)9-4-2-1-3-5-9;/h2*1-8H,(H2,17,18,19,20);/q;;+2/p+2. The van der Waals surface area contributed by atoms with E-state index in [1.807, 2.05) is 12.1 Å². The van der Waals surface area contributed by atoms with Crippen LogP contribution in [0, 0.1) is 0 Å². The number of benzene rings is 4. The summed E-state index contributed by atoms with van der Waals surface area (Å²) in [7, 11) is 0. The molecular weight excluding hydrogens is 657 g/mol. The second-order valence-corrected chi connectivity index (χ2v) is 9.46. The van der Waals surface area contributed by atoms with Crippen LogP contribution >= 0.6 is 46.4 Å². The van der Waals surface area contributed by atoms with Gasteiger partial charge in [0.25, 0.3) is 23.3 Å². The number of carbonyl (C=O) groups excluding carboxylic acids is 2. The third kappa shape index (κ3) is 10.4. The molecule has 4 aromatic carbocycles. The van der Waals surface area contributed by atoms with E-state index < -0.39 is 0 Å². The molecule has 0 saturated carbocycles. The summed E-state index contributed by atoms with van der Waals surface area (Å²) in [6.07, 6.45) is 2.64. The van der Waals surface area contributed by atoms with Crippen LogP contribution in [0.15, 0.2) is 95.1 Å². The molecule has 212 valence electrons. The van der Waals surface area contributed by atoms with E-state index in [1.54, 1.807) is 60.7 Å². The number of nitrogens with zero attached hydrogens (tertiary/aromatic N) is 4. The second kappa shape index (κ2) is 16.6. The molecule has 2 amide bonds. The van der Waals surface area contributed by atoms with Crippen LogP contribution in [-0.4, -0.2) is 44.0 Å². The van der Waals surface area contributed by atoms with E-state index in [0.29, 0.717) is 32.3 Å². The Morgan fingerprint density at radius 3 is 1.29 bits per heavy atom. The quantitative estimate of drug-likeness (QED) is 0.0869. The smallest absolute Gasteiger partial charge is 0.592 e. The normalized spacial score (nSPS) is 10.4. The van der Waals surface area contributed by atoms with E-state index in [9.17, 15) is 9.59 Å². The van der Waals surface area contributed by atoms with Gasteiger partial charge in [-0.15, -0.1) is 0 Å². The van der Waals surface area contributed by atoms with Crippen LogP contribution in [-0.2, 0) is 16.5 Å². The van der Waals surface area contributed by atoms with E-state index >= 15 is 0 Å². The van der Waals surface area contributed by atoms with E-state index in [0.717, 1.165) is 0 Å². The van der Waals surface area contributed by atoms with Crippen molar-refractivity contribution in [2.24, 2.45) is 10.2 Å². The average molecular weight is 679 g/mol. The van der Waals surface area contributed by atoms with Gasteiger partial charge < -0.3 is 31.3 Å². The molecule has 8 nitrogen and oxygen atoms in total. The van der Waals surface area contributed by atoms with Gasteiger partial charge in [0.1, 0.15) is 10.0 Å². The van der Waals surface area contributed by atoms with Crippen LogP contribution in [0.4, 0.5) is 0 Å². The van der Waals surface area contributed by atoms with E-state index in [1.165, 1.54) is 24.6 Å². The summed E-state index contributed by atoms with van der Waals surface area (Å²) in [5.41, 5.74) is 9.28. The van der Waals surface area contributed by atoms with Crippen LogP contribution in [0.5, 0.6) is 11.5 Å². The van der Waals surface area contributed by atoms with Crippen molar-refractivity contribution in [3.05, 3.63) is 138 Å². The van der Waals surface area contributed by atoms with Crippen molar-refractivity contribution < 1.29 is 36.3 Å². The summed E-state index contributed by atoms with van der Waals surface area (Å²) in [5.74, 6) is -0.202. The predicted octanol–water partition coefficient (Wildman–Crippen LogP) is 7.38. The van der Waals surface area contributed by atoms with Crippen molar-refractivity contribution in [1.82, 2.24) is 0 Å². The molecule has 0 bridgehead atoms. The Labute approximate surface area is 265 Å². The zero-order chi connectivity index (χ0) is 29.1. The zero-order valence-electron chi connectivity index (χ0n) is 20.7. The van der Waals surface area contributed by atoms with Crippen LogP contribution in [0.2, 0.25) is 20.1 Å². The molecule has 0 aliphatic rings. The molecule has 4 aromatic rings. The van der Waals surface area contributed by atoms with Crippen LogP contribution in [0.3, 0.4) is 0 Å². The summed E-state index contributed by atoms with van der Waals surface area (Å²) < 4.78 is 0. The number of halogens is 4. The summed E-state index contributed by atoms with van der Waals surface area (Å²) in [6, 6.07) is 23.7. The van der Waals surface area contributed by atoms with E-state index in [2.05, 4.69) is 21.1 Å². The number of hydrogen-bond acceptors (Lipinski definition) is 2. The van der Waals surface area contributed by atoms with Crippen molar-refractivity contribution in [1.29, 1.82) is 0 Å². The van der Waals surface area contributed by atoms with Gasteiger partial charge in [0.05, 0.1) is 22.3 Å². The third-order valence-corrected chi connectivity index (χ3v) is 5.97. The molecule has 0 heterocycles. The maximum absolute atomic E-state index is 9.71. The van der Waals surface area contributed by atoms with Gasteiger partial charge in [-0.2, -0.15) is 0 Å². The first-order chi connectivity index (χ1) is 19.2. The number of rotatable bonds is 6. The van der Waals surface area contributed by atoms with Gasteiger partial charge in [0, 0.05) is 22.5 Å². The van der Waals surface area contributed by atoms with Crippen molar-refractivity contribution >= 4 is 70.6 Å². The fourth-order valence-corrected chi connectivity index (χ4v) is 3.99. The first-order valence-corrected chi connectivity index (χ1v) is 12.8. The van der Waals surface area contributed by atoms with Crippen LogP contribution in [0.25, 0.3) is 10.9 Å². The Bertz CT molecular complexity index is 1440. The van der Waals surface area contributed by atoms with Gasteiger partial charge in [-0.05, 0) is 48.5 Å². The summed E-state index contributed by atoms with van der Waals surface area (Å²) in [4.78, 5) is 19.4. The minimum atomic E-state index is -0.207. The maximum Gasteiger partial charge on any atom is 2.00 e. The Morgan fingerprint density at radius 1 is 0.610 bits per heavy atom. The molecule has 0 fully saturated rings. The van der Waals surface area contributed by atoms with Crippen molar-refractivity contribution in [2.75, 3.05) is 0 Å². The fraction of sp³-hybridized carbons (Fsp3) is 0. The fourth-order valence-electron chi connectivity index (χ4n) is 2.97. The third-order valence-electron chi connectivity index (χ3n) is 4.93. The molecule has 0 spiro atoms. The molecule has 0 saturated heterocycles. The van der Waals surface area contributed by atoms with E-state index in [-0.39, 0.29) is 49.9 Å². The van der Waals surface area contributed by atoms with Crippen molar-refractivity contribution in [3.63, 3.8) is 0 Å². The molecule has 0 radical (unpaired) electrons. The largest absolute Gasteiger partial charge is 2.00 e. The van der Waals surface area contributed by atoms with Crippen molar-refractivity contribution in [2.45, 2.75) is 0 Å². The molecule has 0 aliphatic carbocycles. The molecule has 0 aliphatic heterocycles. The Kier molecular flexibility index (Phi) is 13.6. The van der Waals surface area contributed by atoms with Crippen molar-refractivity contribution in [3.8, 4) is 11.5 Å². The minimum Gasteiger partial charge on any atom is -0.592 e. The van der Waals surface area contributed by atoms with Gasteiger partial charge in [0.15, 0.2) is 0 Å². The second-order valence-electron chi connectivity index (χ2n) is 7.77. The van der Waals surface area contributed by atoms with Crippen LogP contribution < -0.4 is 0 Å². The molecule has 0 aromatic heterocycles. The Hall–Kier alpha value is -3.59. The monoisotopic (exact) mass is 676 g/mol. The molecule has 4 rings (SSSR count). The predicted molar refractivity (Wildman–Crippen MR) is 166 cm³/mol. The summed E-state index contributed by atoms with van der Waals surface area (Å²) in [5, 5.41) is 24.2. The zero-order valence-corrected chi connectivity index (χ0v) is 24.8. The SMILES string of the molecule is [Ni+2].[OH+]=C([N-]N=Cc1cc(Cl)cc(Cl)c1[OH2+])c1ccccc1.[OH+]=C([N-]N=Cc1cc(Cl)cc(Cl)c1[OH2+])c1ccccc1. The van der Waals surface area contributed by atoms with Crippen LogP contribution in [0.1, 0.15) is 22.3 Å². The molecule has 0 unspecified atom stereocenters. The maximum atomic E-state index is 9.71. The molecule has 41 heavy (non-hydrogen) atoms. The number of hydrogen-bond donors (Lipinski definition) is 0. The van der Waals surface area contributed by atoms with Gasteiger partial charge in [0.2, 0.25) is 0 Å². The van der Waals surface area contributed by atoms with Gasteiger partial charge in [-0.3, -0.25) is 9.59 Å². The average Bonchev–Trinajstić information content (AvgIpc) is 2.95. The minimum absolute atomic E-state index is 0. The molecule has 6 N–H and O–H groups in total. The molecule has 13 heteroatoms. The molecular formula is C28H22Cl4N4NiO4+4. The molecule has 0 atom stereocenters. The van der Waals surface area contributed by atoms with E-state index in [4.69, 9.17) is 56.6 Å². The first kappa shape index (κ1) is 33.6. The van der Waals surface area contributed by atoms with Gasteiger partial charge >= 0.3 is 16.5 Å². The van der Waals surface area contributed by atoms with Gasteiger partial charge in [-0.1, -0.05) is 82.8 Å². The van der Waals surface area contributed by atoms with Gasteiger partial charge in [-0.25, -0.2) is 0 Å².